The summed E-state index contributed by atoms with van der Waals surface area (Å²) in [6.07, 6.45) is 6.94. The van der Waals surface area contributed by atoms with Gasteiger partial charge in [-0.05, 0) is 25.8 Å². The van der Waals surface area contributed by atoms with Crippen LogP contribution in [-0.4, -0.2) is 36.4 Å². The van der Waals surface area contributed by atoms with Crippen molar-refractivity contribution in [2.24, 2.45) is 0 Å². The van der Waals surface area contributed by atoms with E-state index in [2.05, 4.69) is 31.4 Å². The van der Waals surface area contributed by atoms with Crippen LogP contribution in [0.5, 0.6) is 0 Å². The van der Waals surface area contributed by atoms with Crippen molar-refractivity contribution in [3.8, 4) is 0 Å². The van der Waals surface area contributed by atoms with E-state index in [9.17, 15) is 9.59 Å². The normalized spacial score (nSPS) is 10.1. The molecule has 0 saturated carbocycles. The van der Waals surface area contributed by atoms with Crippen molar-refractivity contribution < 1.29 is 24.2 Å². The number of aliphatic hydroxyl groups excluding tert-OH is 1. The average molecular weight is 405 g/mol. The predicted molar refractivity (Wildman–Crippen MR) is 119 cm³/mol. The number of benzene rings is 1. The number of carbonyl (C=O) groups is 2. The average Bonchev–Trinajstić information content (AvgIpc) is 2.73. The second-order valence-electron chi connectivity index (χ2n) is 6.27. The Hall–Kier alpha value is -2.66. The van der Waals surface area contributed by atoms with Crippen LogP contribution in [0.2, 0.25) is 0 Å². The van der Waals surface area contributed by atoms with E-state index in [-0.39, 0.29) is 12.6 Å². The molecule has 5 heteroatoms. The SMILES string of the molecule is C=C(C)C(=O)OCC(C)O.C=CC(=O)OCCCCCC.C=Cc1ccccc1. The monoisotopic (exact) mass is 404 g/mol. The maximum absolute atomic E-state index is 10.6. The first kappa shape index (κ1) is 28.5. The Morgan fingerprint density at radius 2 is 1.72 bits per heavy atom. The molecular weight excluding hydrogens is 368 g/mol. The van der Waals surface area contributed by atoms with Gasteiger partial charge >= 0.3 is 11.9 Å². The maximum Gasteiger partial charge on any atom is 0.333 e. The molecule has 0 aromatic heterocycles. The zero-order chi connectivity index (χ0) is 22.5. The lowest BCUT2D eigenvalue weighted by atomic mass is 10.2. The molecule has 1 atom stereocenters. The molecule has 1 N–H and O–H groups in total. The third kappa shape index (κ3) is 21.5. The zero-order valence-corrected chi connectivity index (χ0v) is 18.1. The van der Waals surface area contributed by atoms with Crippen LogP contribution in [0.3, 0.4) is 0 Å². The highest BCUT2D eigenvalue weighted by molar-refractivity contribution is 5.86. The minimum absolute atomic E-state index is 0.0334. The highest BCUT2D eigenvalue weighted by Crippen LogP contribution is 1.99. The second kappa shape index (κ2) is 20.1. The molecule has 0 amide bonds. The first-order chi connectivity index (χ1) is 13.8. The molecule has 0 heterocycles. The Bertz CT molecular complexity index is 591. The highest BCUT2D eigenvalue weighted by Gasteiger charge is 2.03. The lowest BCUT2D eigenvalue weighted by Crippen LogP contribution is -2.15. The van der Waals surface area contributed by atoms with Crippen LogP contribution in [0.1, 0.15) is 52.0 Å². The molecule has 162 valence electrons. The van der Waals surface area contributed by atoms with Gasteiger partial charge < -0.3 is 14.6 Å². The van der Waals surface area contributed by atoms with Crippen molar-refractivity contribution in [1.29, 1.82) is 0 Å². The summed E-state index contributed by atoms with van der Waals surface area (Å²) in [6.45, 7) is 16.1. The van der Waals surface area contributed by atoms with Crippen molar-refractivity contribution in [2.45, 2.75) is 52.6 Å². The maximum atomic E-state index is 10.6. The molecule has 1 aromatic carbocycles. The van der Waals surface area contributed by atoms with E-state index < -0.39 is 12.1 Å². The van der Waals surface area contributed by atoms with Crippen LogP contribution >= 0.6 is 0 Å². The molecule has 0 bridgehead atoms. The third-order valence-electron chi connectivity index (χ3n) is 3.25. The minimum Gasteiger partial charge on any atom is -0.463 e. The predicted octanol–water partition coefficient (Wildman–Crippen LogP) is 5.11. The Kier molecular flexibility index (Phi) is 19.8. The van der Waals surface area contributed by atoms with Crippen molar-refractivity contribution in [3.63, 3.8) is 0 Å². The first-order valence-corrected chi connectivity index (χ1v) is 9.75. The molecule has 1 aromatic rings. The van der Waals surface area contributed by atoms with Crippen LogP contribution in [0.15, 0.2) is 61.7 Å². The van der Waals surface area contributed by atoms with Gasteiger partial charge in [-0.1, -0.05) is 82.3 Å². The van der Waals surface area contributed by atoms with Gasteiger partial charge in [0.15, 0.2) is 0 Å². The summed E-state index contributed by atoms with van der Waals surface area (Å²) >= 11 is 0. The molecule has 1 unspecified atom stereocenters. The molecule has 0 aliphatic carbocycles. The van der Waals surface area contributed by atoms with Gasteiger partial charge in [-0.15, -0.1) is 0 Å². The molecular formula is C24H36O5. The summed E-state index contributed by atoms with van der Waals surface area (Å²) in [5.74, 6) is -0.776. The number of ether oxygens (including phenoxy) is 2. The number of carbonyl (C=O) groups excluding carboxylic acids is 2. The summed E-state index contributed by atoms with van der Waals surface area (Å²) < 4.78 is 9.36. The van der Waals surface area contributed by atoms with Crippen LogP contribution in [0.25, 0.3) is 6.08 Å². The van der Waals surface area contributed by atoms with Gasteiger partial charge in [0.25, 0.3) is 0 Å². The molecule has 0 aliphatic heterocycles. The van der Waals surface area contributed by atoms with Gasteiger partial charge in [0.1, 0.15) is 6.61 Å². The fourth-order valence-electron chi connectivity index (χ4n) is 1.67. The van der Waals surface area contributed by atoms with Gasteiger partial charge in [0.05, 0.1) is 12.7 Å². The summed E-state index contributed by atoms with van der Waals surface area (Å²) in [7, 11) is 0. The molecule has 0 radical (unpaired) electrons. The van der Waals surface area contributed by atoms with E-state index in [4.69, 9.17) is 9.84 Å². The number of hydrogen-bond acceptors (Lipinski definition) is 5. The Balaban J connectivity index is 0. The molecule has 29 heavy (non-hydrogen) atoms. The molecule has 0 aliphatic rings. The largest absolute Gasteiger partial charge is 0.463 e. The van der Waals surface area contributed by atoms with Gasteiger partial charge in [-0.2, -0.15) is 0 Å². The fraction of sp³-hybridized carbons (Fsp3) is 0.417. The van der Waals surface area contributed by atoms with E-state index in [1.54, 1.807) is 13.8 Å². The molecule has 0 spiro atoms. The quantitative estimate of drug-likeness (QED) is 0.333. The van der Waals surface area contributed by atoms with Crippen LogP contribution in [0.4, 0.5) is 0 Å². The van der Waals surface area contributed by atoms with Crippen LogP contribution in [-0.2, 0) is 19.1 Å². The topological polar surface area (TPSA) is 72.8 Å². The Labute approximate surface area is 175 Å². The Morgan fingerprint density at radius 3 is 2.14 bits per heavy atom. The van der Waals surface area contributed by atoms with Crippen molar-refractivity contribution >= 4 is 18.0 Å². The number of aliphatic hydroxyl groups is 1. The lowest BCUT2D eigenvalue weighted by molar-refractivity contribution is -0.141. The summed E-state index contributed by atoms with van der Waals surface area (Å²) in [5, 5.41) is 8.68. The lowest BCUT2D eigenvalue weighted by Gasteiger charge is -2.04. The fourth-order valence-corrected chi connectivity index (χ4v) is 1.67. The van der Waals surface area contributed by atoms with Crippen molar-refractivity contribution in [1.82, 2.24) is 0 Å². The van der Waals surface area contributed by atoms with Gasteiger partial charge in [0.2, 0.25) is 0 Å². The van der Waals surface area contributed by atoms with Crippen LogP contribution in [0, 0.1) is 0 Å². The van der Waals surface area contributed by atoms with Gasteiger partial charge in [-0.25, -0.2) is 9.59 Å². The van der Waals surface area contributed by atoms with Gasteiger partial charge in [0, 0.05) is 11.6 Å². The second-order valence-corrected chi connectivity index (χ2v) is 6.27. The van der Waals surface area contributed by atoms with Crippen molar-refractivity contribution in [2.75, 3.05) is 13.2 Å². The smallest absolute Gasteiger partial charge is 0.333 e. The summed E-state index contributed by atoms with van der Waals surface area (Å²) in [4.78, 5) is 21.1. The summed E-state index contributed by atoms with van der Waals surface area (Å²) in [5.41, 5.74) is 1.52. The minimum atomic E-state index is -0.608. The Morgan fingerprint density at radius 1 is 1.10 bits per heavy atom. The zero-order valence-electron chi connectivity index (χ0n) is 18.1. The molecule has 0 saturated heterocycles. The van der Waals surface area contributed by atoms with E-state index in [1.165, 1.54) is 24.5 Å². The van der Waals surface area contributed by atoms with E-state index in [0.717, 1.165) is 12.8 Å². The molecule has 0 fully saturated rings. The van der Waals surface area contributed by atoms with Crippen molar-refractivity contribution in [3.05, 3.63) is 67.3 Å². The molecule has 1 rings (SSSR count). The van der Waals surface area contributed by atoms with E-state index in [0.29, 0.717) is 12.2 Å². The number of esters is 2. The number of unbranched alkanes of at least 4 members (excludes halogenated alkanes) is 3. The first-order valence-electron chi connectivity index (χ1n) is 9.75. The third-order valence-corrected chi connectivity index (χ3v) is 3.25. The van der Waals surface area contributed by atoms with Gasteiger partial charge in [-0.3, -0.25) is 0 Å². The highest BCUT2D eigenvalue weighted by atomic mass is 16.5. The summed E-state index contributed by atoms with van der Waals surface area (Å²) in [6, 6.07) is 10.0. The standard InChI is InChI=1S/C9H16O2.C8H8.C7H12O3/c1-3-5-6-7-8-11-9(10)4-2;1-2-8-6-4-3-5-7-8;1-5(2)7(9)10-4-6(3)8/h4H,2-3,5-8H2,1H3;2-7H,1H2;6,8H,1,4H2,2-3H3. The number of hydrogen-bond donors (Lipinski definition) is 1. The van der Waals surface area contributed by atoms with E-state index >= 15 is 0 Å². The molecule has 5 nitrogen and oxygen atoms in total. The van der Waals surface area contributed by atoms with E-state index in [1.807, 2.05) is 36.4 Å². The number of rotatable bonds is 10. The van der Waals surface area contributed by atoms with Crippen LogP contribution < -0.4 is 0 Å².